The Hall–Kier alpha value is -1.16. The van der Waals surface area contributed by atoms with Crippen LogP contribution in [0.4, 0.5) is 0 Å². The van der Waals surface area contributed by atoms with E-state index in [0.29, 0.717) is 12.8 Å². The maximum Gasteiger partial charge on any atom is 0.138 e. The van der Waals surface area contributed by atoms with Crippen LogP contribution in [0.3, 0.4) is 0 Å². The summed E-state index contributed by atoms with van der Waals surface area (Å²) in [5, 5.41) is 4.14. The Kier molecular flexibility index (Phi) is 3.83. The average molecular weight is 195 g/mol. The first-order chi connectivity index (χ1) is 6.58. The first-order valence-corrected chi connectivity index (χ1v) is 4.83. The van der Waals surface area contributed by atoms with E-state index in [-0.39, 0.29) is 11.8 Å². The van der Waals surface area contributed by atoms with Crippen LogP contribution in [0.15, 0.2) is 12.3 Å². The predicted molar refractivity (Wildman–Crippen MR) is 54.8 cm³/mol. The summed E-state index contributed by atoms with van der Waals surface area (Å²) in [5.41, 5.74) is 6.40. The third-order valence-corrected chi connectivity index (χ3v) is 2.03. The van der Waals surface area contributed by atoms with E-state index in [4.69, 9.17) is 5.73 Å². The van der Waals surface area contributed by atoms with Gasteiger partial charge in [-0.1, -0.05) is 0 Å². The molecular formula is C10H17N3O. The molecule has 1 unspecified atom stereocenters. The molecule has 0 fully saturated rings. The molecule has 0 aliphatic carbocycles. The topological polar surface area (TPSA) is 60.9 Å². The molecule has 0 saturated heterocycles. The highest BCUT2D eigenvalue weighted by molar-refractivity contribution is 5.80. The van der Waals surface area contributed by atoms with Gasteiger partial charge in [0.25, 0.3) is 0 Å². The van der Waals surface area contributed by atoms with Crippen molar-refractivity contribution in [3.63, 3.8) is 0 Å². The van der Waals surface area contributed by atoms with E-state index in [1.165, 1.54) is 0 Å². The summed E-state index contributed by atoms with van der Waals surface area (Å²) >= 11 is 0. The lowest BCUT2D eigenvalue weighted by molar-refractivity contribution is -0.118. The lowest BCUT2D eigenvalue weighted by Crippen LogP contribution is -2.17. The molecule has 0 aliphatic rings. The number of ketones is 1. The highest BCUT2D eigenvalue weighted by atomic mass is 16.1. The standard InChI is InChI=1S/C10H17N3O/c1-8(11)3-4-10(14)7-9-5-6-13(2)12-9/h5-6,8H,3-4,7,11H2,1-2H3. The number of hydrogen-bond acceptors (Lipinski definition) is 3. The third kappa shape index (κ3) is 3.70. The summed E-state index contributed by atoms with van der Waals surface area (Å²) in [6.07, 6.45) is 3.57. The minimum absolute atomic E-state index is 0.0997. The van der Waals surface area contributed by atoms with Crippen LogP contribution in [0.1, 0.15) is 25.5 Å². The number of aromatic nitrogens is 2. The van der Waals surface area contributed by atoms with Gasteiger partial charge in [0.15, 0.2) is 0 Å². The van der Waals surface area contributed by atoms with Crippen molar-refractivity contribution in [3.8, 4) is 0 Å². The second-order valence-electron chi connectivity index (χ2n) is 3.71. The Bertz CT molecular complexity index is 304. The Morgan fingerprint density at radius 1 is 1.71 bits per heavy atom. The van der Waals surface area contributed by atoms with Gasteiger partial charge in [-0.15, -0.1) is 0 Å². The molecule has 1 aromatic rings. The Labute approximate surface area is 84.1 Å². The van der Waals surface area contributed by atoms with Crippen molar-refractivity contribution < 1.29 is 4.79 Å². The molecule has 0 aromatic carbocycles. The van der Waals surface area contributed by atoms with Gasteiger partial charge in [-0.25, -0.2) is 0 Å². The summed E-state index contributed by atoms with van der Waals surface area (Å²) < 4.78 is 1.70. The zero-order chi connectivity index (χ0) is 10.6. The maximum absolute atomic E-state index is 11.4. The number of carbonyl (C=O) groups excluding carboxylic acids is 1. The number of nitrogens with zero attached hydrogens (tertiary/aromatic N) is 2. The molecule has 1 heterocycles. The molecule has 0 spiro atoms. The molecule has 1 rings (SSSR count). The molecule has 0 aliphatic heterocycles. The minimum atomic E-state index is 0.0997. The second-order valence-corrected chi connectivity index (χ2v) is 3.71. The van der Waals surface area contributed by atoms with Crippen LogP contribution in [0.25, 0.3) is 0 Å². The molecule has 4 heteroatoms. The van der Waals surface area contributed by atoms with E-state index in [0.717, 1.165) is 12.1 Å². The highest BCUT2D eigenvalue weighted by Crippen LogP contribution is 2.01. The van der Waals surface area contributed by atoms with Gasteiger partial charge in [0, 0.05) is 25.7 Å². The smallest absolute Gasteiger partial charge is 0.138 e. The molecule has 0 radical (unpaired) electrons. The van der Waals surface area contributed by atoms with Crippen LogP contribution in [0.5, 0.6) is 0 Å². The van der Waals surface area contributed by atoms with Gasteiger partial charge in [-0.05, 0) is 19.4 Å². The van der Waals surface area contributed by atoms with Gasteiger partial charge in [0.2, 0.25) is 0 Å². The van der Waals surface area contributed by atoms with Crippen molar-refractivity contribution in [1.82, 2.24) is 9.78 Å². The van der Waals surface area contributed by atoms with E-state index < -0.39 is 0 Å². The van der Waals surface area contributed by atoms with Crippen LogP contribution in [0, 0.1) is 0 Å². The summed E-state index contributed by atoms with van der Waals surface area (Å²) in [5.74, 6) is 0.209. The van der Waals surface area contributed by atoms with Gasteiger partial charge in [-0.3, -0.25) is 9.48 Å². The number of carbonyl (C=O) groups is 1. The Morgan fingerprint density at radius 2 is 2.43 bits per heavy atom. The third-order valence-electron chi connectivity index (χ3n) is 2.03. The normalized spacial score (nSPS) is 12.8. The van der Waals surface area contributed by atoms with Gasteiger partial charge >= 0.3 is 0 Å². The lowest BCUT2D eigenvalue weighted by atomic mass is 10.1. The summed E-state index contributed by atoms with van der Waals surface area (Å²) in [4.78, 5) is 11.4. The van der Waals surface area contributed by atoms with Gasteiger partial charge in [0.05, 0.1) is 12.1 Å². The number of nitrogens with two attached hydrogens (primary N) is 1. The highest BCUT2D eigenvalue weighted by Gasteiger charge is 2.06. The Morgan fingerprint density at radius 3 is 2.93 bits per heavy atom. The van der Waals surface area contributed by atoms with E-state index in [1.807, 2.05) is 26.2 Å². The van der Waals surface area contributed by atoms with Crippen molar-refractivity contribution >= 4 is 5.78 Å². The quantitative estimate of drug-likeness (QED) is 0.750. The summed E-state index contributed by atoms with van der Waals surface area (Å²) in [6, 6.07) is 1.96. The lowest BCUT2D eigenvalue weighted by Gasteiger charge is -2.02. The van der Waals surface area contributed by atoms with Crippen LogP contribution in [-0.4, -0.2) is 21.6 Å². The molecule has 1 atom stereocenters. The number of aryl methyl sites for hydroxylation is 1. The monoisotopic (exact) mass is 195 g/mol. The number of hydrogen-bond donors (Lipinski definition) is 1. The zero-order valence-electron chi connectivity index (χ0n) is 8.73. The molecular weight excluding hydrogens is 178 g/mol. The van der Waals surface area contributed by atoms with E-state index in [2.05, 4.69) is 5.10 Å². The average Bonchev–Trinajstić information content (AvgIpc) is 2.48. The van der Waals surface area contributed by atoms with Crippen LogP contribution in [-0.2, 0) is 18.3 Å². The van der Waals surface area contributed by atoms with Crippen LogP contribution >= 0.6 is 0 Å². The van der Waals surface area contributed by atoms with Crippen LogP contribution < -0.4 is 5.73 Å². The second kappa shape index (κ2) is 4.91. The molecule has 1 aromatic heterocycles. The van der Waals surface area contributed by atoms with Crippen molar-refractivity contribution in [2.45, 2.75) is 32.2 Å². The van der Waals surface area contributed by atoms with Gasteiger partial charge < -0.3 is 5.73 Å². The molecule has 4 nitrogen and oxygen atoms in total. The van der Waals surface area contributed by atoms with Crippen molar-refractivity contribution in [1.29, 1.82) is 0 Å². The molecule has 78 valence electrons. The van der Waals surface area contributed by atoms with Crippen molar-refractivity contribution in [3.05, 3.63) is 18.0 Å². The Balaban J connectivity index is 2.34. The largest absolute Gasteiger partial charge is 0.328 e. The van der Waals surface area contributed by atoms with Crippen molar-refractivity contribution in [2.24, 2.45) is 12.8 Å². The molecule has 2 N–H and O–H groups in total. The molecule has 0 amide bonds. The zero-order valence-corrected chi connectivity index (χ0v) is 8.73. The first-order valence-electron chi connectivity index (χ1n) is 4.83. The number of Topliss-reactive ketones (excluding diaryl/α,β-unsaturated/α-hetero) is 1. The predicted octanol–water partition coefficient (Wildman–Crippen LogP) is 0.659. The summed E-state index contributed by atoms with van der Waals surface area (Å²) in [6.45, 7) is 1.91. The fraction of sp³-hybridized carbons (Fsp3) is 0.600. The minimum Gasteiger partial charge on any atom is -0.328 e. The van der Waals surface area contributed by atoms with E-state index in [9.17, 15) is 4.79 Å². The van der Waals surface area contributed by atoms with E-state index >= 15 is 0 Å². The van der Waals surface area contributed by atoms with E-state index in [1.54, 1.807) is 4.68 Å². The SMILES string of the molecule is CC(N)CCC(=O)Cc1ccn(C)n1. The van der Waals surface area contributed by atoms with Gasteiger partial charge in [-0.2, -0.15) is 5.10 Å². The van der Waals surface area contributed by atoms with Crippen molar-refractivity contribution in [2.75, 3.05) is 0 Å². The summed E-state index contributed by atoms with van der Waals surface area (Å²) in [7, 11) is 1.84. The maximum atomic E-state index is 11.4. The molecule has 0 bridgehead atoms. The van der Waals surface area contributed by atoms with Crippen LogP contribution in [0.2, 0.25) is 0 Å². The molecule has 0 saturated carbocycles. The molecule has 14 heavy (non-hydrogen) atoms. The number of rotatable bonds is 5. The first kappa shape index (κ1) is 10.9. The van der Waals surface area contributed by atoms with Gasteiger partial charge in [0.1, 0.15) is 5.78 Å². The fourth-order valence-electron chi connectivity index (χ4n) is 1.24. The fourth-order valence-corrected chi connectivity index (χ4v) is 1.24.